The summed E-state index contributed by atoms with van der Waals surface area (Å²) in [7, 11) is 0. The minimum atomic E-state index is -0.577. The predicted octanol–water partition coefficient (Wildman–Crippen LogP) is 2.98. The van der Waals surface area contributed by atoms with E-state index >= 15 is 0 Å². The Morgan fingerprint density at radius 1 is 1.22 bits per heavy atom. The summed E-state index contributed by atoms with van der Waals surface area (Å²) in [5, 5.41) is 14.9. The van der Waals surface area contributed by atoms with Crippen LogP contribution < -0.4 is 11.2 Å². The molecule has 0 heterocycles. The molecule has 0 aliphatic rings. The Kier molecular flexibility index (Phi) is 4.92. The van der Waals surface area contributed by atoms with Crippen LogP contribution in [-0.2, 0) is 0 Å². The van der Waals surface area contributed by atoms with E-state index in [1.165, 1.54) is 12.1 Å². The summed E-state index contributed by atoms with van der Waals surface area (Å²) in [5.41, 5.74) is 9.56. The molecule has 3 N–H and O–H groups in total. The first-order valence-corrected chi connectivity index (χ1v) is 6.91. The minimum Gasteiger partial charge on any atom is -0.399 e. The van der Waals surface area contributed by atoms with Crippen molar-refractivity contribution in [3.63, 3.8) is 0 Å². The average Bonchev–Trinajstić information content (AvgIpc) is 2.53. The highest BCUT2D eigenvalue weighted by Crippen LogP contribution is 2.25. The Hall–Kier alpha value is -2.93. The summed E-state index contributed by atoms with van der Waals surface area (Å²) < 4.78 is 0. The lowest BCUT2D eigenvalue weighted by molar-refractivity contribution is -0.384. The molecule has 7 nitrogen and oxygen atoms in total. The molecule has 2 rings (SSSR count). The zero-order chi connectivity index (χ0) is 17.0. The van der Waals surface area contributed by atoms with E-state index in [-0.39, 0.29) is 10.7 Å². The van der Waals surface area contributed by atoms with Gasteiger partial charge in [0.15, 0.2) is 0 Å². The highest BCUT2D eigenvalue weighted by atomic mass is 35.5. The number of nitrogens with two attached hydrogens (primary N) is 1. The minimum absolute atomic E-state index is 0.0393. The molecule has 0 aromatic heterocycles. The monoisotopic (exact) mass is 332 g/mol. The number of hydrazone groups is 1. The normalized spacial score (nSPS) is 11.1. The topological polar surface area (TPSA) is 111 Å². The third-order valence-corrected chi connectivity index (χ3v) is 3.38. The van der Waals surface area contributed by atoms with E-state index in [2.05, 4.69) is 10.5 Å². The third-order valence-electron chi connectivity index (χ3n) is 3.06. The number of hydrogen-bond donors (Lipinski definition) is 2. The molecule has 0 aliphatic carbocycles. The maximum atomic E-state index is 11.9. The van der Waals surface area contributed by atoms with Crippen LogP contribution in [0, 0.1) is 10.1 Å². The predicted molar refractivity (Wildman–Crippen MR) is 88.6 cm³/mol. The molecule has 0 saturated carbocycles. The van der Waals surface area contributed by atoms with Crippen molar-refractivity contribution in [2.75, 3.05) is 5.73 Å². The molecule has 0 fully saturated rings. The maximum absolute atomic E-state index is 11.9. The first-order chi connectivity index (χ1) is 10.9. The summed E-state index contributed by atoms with van der Waals surface area (Å²) in [5.74, 6) is -0.409. The van der Waals surface area contributed by atoms with E-state index in [0.717, 1.165) is 0 Å². The van der Waals surface area contributed by atoms with Crippen LogP contribution in [0.25, 0.3) is 0 Å². The number of nitro groups is 1. The van der Waals surface area contributed by atoms with Crippen LogP contribution in [0.1, 0.15) is 22.8 Å². The Labute approximate surface area is 136 Å². The second-order valence-electron chi connectivity index (χ2n) is 4.68. The van der Waals surface area contributed by atoms with Gasteiger partial charge in [-0.25, -0.2) is 5.43 Å². The Balaban J connectivity index is 2.16. The van der Waals surface area contributed by atoms with Gasteiger partial charge in [-0.05, 0) is 37.3 Å². The third kappa shape index (κ3) is 4.04. The molecule has 0 unspecified atom stereocenters. The lowest BCUT2D eigenvalue weighted by atomic mass is 10.1. The van der Waals surface area contributed by atoms with E-state index in [0.29, 0.717) is 22.5 Å². The van der Waals surface area contributed by atoms with Crippen molar-refractivity contribution in [2.45, 2.75) is 6.92 Å². The molecule has 1 amide bonds. The Bertz CT molecular complexity index is 788. The van der Waals surface area contributed by atoms with E-state index in [1.807, 2.05) is 0 Å². The molecule has 0 aliphatic heterocycles. The van der Waals surface area contributed by atoms with Gasteiger partial charge in [-0.15, -0.1) is 0 Å². The molecule has 2 aromatic rings. The van der Waals surface area contributed by atoms with Crippen molar-refractivity contribution in [1.29, 1.82) is 0 Å². The number of carbonyl (C=O) groups is 1. The molecule has 8 heteroatoms. The molecule has 0 radical (unpaired) electrons. The molecule has 118 valence electrons. The number of nitrogens with one attached hydrogen (secondary N) is 1. The standard InChI is InChI=1S/C15H13ClN4O3/c1-9(11-4-7-13(16)14(8-11)20(22)23)18-19-15(21)10-2-5-12(17)6-3-10/h2-8H,17H2,1H3,(H,19,21)/b18-9-. The number of carbonyl (C=O) groups excluding carboxylic acids is 1. The second-order valence-corrected chi connectivity index (χ2v) is 5.09. The molecule has 0 saturated heterocycles. The summed E-state index contributed by atoms with van der Waals surface area (Å²) in [6, 6.07) is 10.7. The van der Waals surface area contributed by atoms with Gasteiger partial charge < -0.3 is 5.73 Å². The smallest absolute Gasteiger partial charge is 0.288 e. The summed E-state index contributed by atoms with van der Waals surface area (Å²) in [4.78, 5) is 22.2. The van der Waals surface area contributed by atoms with Crippen LogP contribution in [0.15, 0.2) is 47.6 Å². The van der Waals surface area contributed by atoms with Crippen molar-refractivity contribution in [1.82, 2.24) is 5.43 Å². The molecule has 2 aromatic carbocycles. The van der Waals surface area contributed by atoms with Crippen molar-refractivity contribution in [3.05, 3.63) is 68.7 Å². The van der Waals surface area contributed by atoms with Gasteiger partial charge in [0.05, 0.1) is 10.6 Å². The summed E-state index contributed by atoms with van der Waals surface area (Å²) >= 11 is 5.75. The van der Waals surface area contributed by atoms with Gasteiger partial charge in [0.25, 0.3) is 11.6 Å². The Morgan fingerprint density at radius 3 is 2.43 bits per heavy atom. The number of benzene rings is 2. The van der Waals surface area contributed by atoms with Crippen molar-refractivity contribution >= 4 is 34.6 Å². The zero-order valence-electron chi connectivity index (χ0n) is 12.1. The molecule has 0 bridgehead atoms. The fourth-order valence-electron chi connectivity index (χ4n) is 1.78. The van der Waals surface area contributed by atoms with E-state index in [1.54, 1.807) is 37.3 Å². The number of nitrogen functional groups attached to an aromatic ring is 1. The van der Waals surface area contributed by atoms with E-state index < -0.39 is 10.8 Å². The highest BCUT2D eigenvalue weighted by Gasteiger charge is 2.14. The summed E-state index contributed by atoms with van der Waals surface area (Å²) in [6.07, 6.45) is 0. The average molecular weight is 333 g/mol. The van der Waals surface area contributed by atoms with Gasteiger partial charge in [0, 0.05) is 22.9 Å². The zero-order valence-corrected chi connectivity index (χ0v) is 12.9. The number of nitrogens with zero attached hydrogens (tertiary/aromatic N) is 2. The molecular weight excluding hydrogens is 320 g/mol. The Morgan fingerprint density at radius 2 is 1.83 bits per heavy atom. The van der Waals surface area contributed by atoms with Crippen LogP contribution in [0.5, 0.6) is 0 Å². The van der Waals surface area contributed by atoms with Gasteiger partial charge in [-0.1, -0.05) is 17.7 Å². The van der Waals surface area contributed by atoms with Gasteiger partial charge in [-0.3, -0.25) is 14.9 Å². The van der Waals surface area contributed by atoms with Crippen LogP contribution in [0.2, 0.25) is 5.02 Å². The van der Waals surface area contributed by atoms with Gasteiger partial charge in [0.2, 0.25) is 0 Å². The van der Waals surface area contributed by atoms with E-state index in [4.69, 9.17) is 17.3 Å². The number of hydrogen-bond acceptors (Lipinski definition) is 5. The molecule has 0 atom stereocenters. The fourth-order valence-corrected chi connectivity index (χ4v) is 1.96. The maximum Gasteiger partial charge on any atom is 0.288 e. The van der Waals surface area contributed by atoms with Crippen molar-refractivity contribution in [2.24, 2.45) is 5.10 Å². The SMILES string of the molecule is C/C(=N/NC(=O)c1ccc(N)cc1)c1ccc(Cl)c([N+](=O)[O-])c1. The van der Waals surface area contributed by atoms with E-state index in [9.17, 15) is 14.9 Å². The quantitative estimate of drug-likeness (QED) is 0.388. The fraction of sp³-hybridized carbons (Fsp3) is 0.0667. The largest absolute Gasteiger partial charge is 0.399 e. The van der Waals surface area contributed by atoms with Crippen molar-refractivity contribution < 1.29 is 9.72 Å². The van der Waals surface area contributed by atoms with Gasteiger partial charge in [-0.2, -0.15) is 5.10 Å². The molecular formula is C15H13ClN4O3. The number of halogens is 1. The first kappa shape index (κ1) is 16.4. The number of nitro benzene ring substituents is 1. The molecule has 0 spiro atoms. The number of amides is 1. The lowest BCUT2D eigenvalue weighted by Crippen LogP contribution is -2.19. The second kappa shape index (κ2) is 6.89. The van der Waals surface area contributed by atoms with Crippen LogP contribution in [0.4, 0.5) is 11.4 Å². The van der Waals surface area contributed by atoms with Crippen LogP contribution in [0.3, 0.4) is 0 Å². The molecule has 23 heavy (non-hydrogen) atoms. The van der Waals surface area contributed by atoms with Gasteiger partial charge in [0.1, 0.15) is 5.02 Å². The number of rotatable bonds is 4. The lowest BCUT2D eigenvalue weighted by Gasteiger charge is -2.04. The van der Waals surface area contributed by atoms with Crippen LogP contribution in [-0.4, -0.2) is 16.5 Å². The number of anilines is 1. The highest BCUT2D eigenvalue weighted by molar-refractivity contribution is 6.32. The first-order valence-electron chi connectivity index (χ1n) is 6.53. The van der Waals surface area contributed by atoms with Gasteiger partial charge >= 0.3 is 0 Å². The van der Waals surface area contributed by atoms with Crippen molar-refractivity contribution in [3.8, 4) is 0 Å². The summed E-state index contributed by atoms with van der Waals surface area (Å²) in [6.45, 7) is 1.62. The van der Waals surface area contributed by atoms with Crippen LogP contribution >= 0.6 is 11.6 Å².